The van der Waals surface area contributed by atoms with E-state index in [-0.39, 0.29) is 12.5 Å². The molecule has 5 nitrogen and oxygen atoms in total. The van der Waals surface area contributed by atoms with Crippen LogP contribution in [0.4, 0.5) is 0 Å². The first kappa shape index (κ1) is 16.3. The quantitative estimate of drug-likeness (QED) is 0.769. The highest BCUT2D eigenvalue weighted by Gasteiger charge is 2.33. The Hall–Kier alpha value is -1.12. The first-order valence-electron chi connectivity index (χ1n) is 8.23. The van der Waals surface area contributed by atoms with Gasteiger partial charge in [0.1, 0.15) is 5.54 Å². The molecule has 0 spiro atoms. The van der Waals surface area contributed by atoms with Crippen LogP contribution < -0.4 is 5.32 Å². The summed E-state index contributed by atoms with van der Waals surface area (Å²) in [5.74, 6) is 0.359. The number of carbonyl (C=O) groups excluding carboxylic acids is 1. The number of rotatable bonds is 4. The number of likely N-dealkylation sites (tertiary alicyclic amines) is 1. The fourth-order valence-electron chi connectivity index (χ4n) is 3.43. The van der Waals surface area contributed by atoms with Crippen molar-refractivity contribution < 1.29 is 9.90 Å². The number of aliphatic hydroxyl groups excluding tert-OH is 1. The Labute approximate surface area is 127 Å². The first-order chi connectivity index (χ1) is 10.2. The SMILES string of the molecule is N#CC1(NC(=O)CN2CCC(CO)CC2)CCCCCC1. The van der Waals surface area contributed by atoms with Crippen molar-refractivity contribution in [3.05, 3.63) is 0 Å². The summed E-state index contributed by atoms with van der Waals surface area (Å²) in [5.41, 5.74) is -0.642. The number of nitrogens with zero attached hydrogens (tertiary/aromatic N) is 2. The highest BCUT2D eigenvalue weighted by Crippen LogP contribution is 2.26. The highest BCUT2D eigenvalue weighted by atomic mass is 16.3. The van der Waals surface area contributed by atoms with Crippen LogP contribution >= 0.6 is 0 Å². The average molecular weight is 293 g/mol. The van der Waals surface area contributed by atoms with Crippen LogP contribution in [0, 0.1) is 17.2 Å². The summed E-state index contributed by atoms with van der Waals surface area (Å²) in [7, 11) is 0. The van der Waals surface area contributed by atoms with Crippen LogP contribution in [-0.2, 0) is 4.79 Å². The monoisotopic (exact) mass is 293 g/mol. The smallest absolute Gasteiger partial charge is 0.235 e. The van der Waals surface area contributed by atoms with Gasteiger partial charge in [0.2, 0.25) is 5.91 Å². The fourth-order valence-corrected chi connectivity index (χ4v) is 3.43. The van der Waals surface area contributed by atoms with Crippen molar-refractivity contribution in [2.45, 2.75) is 56.9 Å². The molecule has 2 rings (SSSR count). The summed E-state index contributed by atoms with van der Waals surface area (Å²) in [6.45, 7) is 2.34. The van der Waals surface area contributed by atoms with E-state index in [2.05, 4.69) is 16.3 Å². The van der Waals surface area contributed by atoms with Gasteiger partial charge in [-0.3, -0.25) is 9.69 Å². The highest BCUT2D eigenvalue weighted by molar-refractivity contribution is 5.79. The molecular weight excluding hydrogens is 266 g/mol. The van der Waals surface area contributed by atoms with Gasteiger partial charge in [-0.2, -0.15) is 5.26 Å². The van der Waals surface area contributed by atoms with Crippen LogP contribution in [0.1, 0.15) is 51.4 Å². The minimum atomic E-state index is -0.642. The van der Waals surface area contributed by atoms with Crippen LogP contribution in [0.3, 0.4) is 0 Å². The molecule has 0 unspecified atom stereocenters. The molecule has 2 aliphatic rings. The Kier molecular flexibility index (Phi) is 6.01. The lowest BCUT2D eigenvalue weighted by molar-refractivity contribution is -0.124. The lowest BCUT2D eigenvalue weighted by Gasteiger charge is -2.32. The number of amides is 1. The van der Waals surface area contributed by atoms with Gasteiger partial charge in [0.05, 0.1) is 12.6 Å². The van der Waals surface area contributed by atoms with Crippen LogP contribution in [0.15, 0.2) is 0 Å². The predicted octanol–water partition coefficient (Wildman–Crippen LogP) is 1.42. The molecule has 0 aromatic rings. The Balaban J connectivity index is 1.82. The van der Waals surface area contributed by atoms with Crippen LogP contribution in [-0.4, -0.2) is 47.7 Å². The molecule has 1 amide bonds. The number of piperidine rings is 1. The maximum absolute atomic E-state index is 12.3. The Morgan fingerprint density at radius 1 is 1.24 bits per heavy atom. The van der Waals surface area contributed by atoms with Gasteiger partial charge in [0, 0.05) is 6.61 Å². The van der Waals surface area contributed by atoms with Crippen LogP contribution in [0.25, 0.3) is 0 Å². The van der Waals surface area contributed by atoms with Crippen molar-refractivity contribution in [2.75, 3.05) is 26.2 Å². The molecule has 1 aliphatic carbocycles. The molecule has 1 saturated carbocycles. The van der Waals surface area contributed by atoms with Crippen molar-refractivity contribution in [3.63, 3.8) is 0 Å². The van der Waals surface area contributed by atoms with Crippen molar-refractivity contribution in [2.24, 2.45) is 5.92 Å². The van der Waals surface area contributed by atoms with Gasteiger partial charge in [-0.1, -0.05) is 25.7 Å². The van der Waals surface area contributed by atoms with E-state index < -0.39 is 5.54 Å². The predicted molar refractivity (Wildman–Crippen MR) is 80.4 cm³/mol. The topological polar surface area (TPSA) is 76.4 Å². The Morgan fingerprint density at radius 3 is 2.38 bits per heavy atom. The fraction of sp³-hybridized carbons (Fsp3) is 0.875. The molecule has 1 aliphatic heterocycles. The Morgan fingerprint density at radius 2 is 1.86 bits per heavy atom. The van der Waals surface area contributed by atoms with Crippen molar-refractivity contribution >= 4 is 5.91 Å². The normalized spacial score (nSPS) is 24.0. The summed E-state index contributed by atoms with van der Waals surface area (Å²) >= 11 is 0. The second-order valence-corrected chi connectivity index (χ2v) is 6.56. The number of aliphatic hydroxyl groups is 1. The van der Waals surface area contributed by atoms with Crippen molar-refractivity contribution in [3.8, 4) is 6.07 Å². The third-order valence-corrected chi connectivity index (χ3v) is 4.88. The van der Waals surface area contributed by atoms with E-state index in [9.17, 15) is 10.1 Å². The third kappa shape index (κ3) is 4.69. The molecule has 2 N–H and O–H groups in total. The molecule has 0 aromatic carbocycles. The third-order valence-electron chi connectivity index (χ3n) is 4.88. The van der Waals surface area contributed by atoms with Gasteiger partial charge < -0.3 is 10.4 Å². The van der Waals surface area contributed by atoms with Gasteiger partial charge >= 0.3 is 0 Å². The lowest BCUT2D eigenvalue weighted by Crippen LogP contribution is -2.51. The van der Waals surface area contributed by atoms with E-state index in [1.54, 1.807) is 0 Å². The molecule has 1 heterocycles. The largest absolute Gasteiger partial charge is 0.396 e. The van der Waals surface area contributed by atoms with Gasteiger partial charge in [0.25, 0.3) is 0 Å². The molecule has 0 atom stereocenters. The molecular formula is C16H27N3O2. The molecule has 2 fully saturated rings. The van der Waals surface area contributed by atoms with E-state index in [4.69, 9.17) is 5.11 Å². The molecule has 5 heteroatoms. The summed E-state index contributed by atoms with van der Waals surface area (Å²) < 4.78 is 0. The van der Waals surface area contributed by atoms with E-state index in [0.717, 1.165) is 64.5 Å². The number of nitriles is 1. The van der Waals surface area contributed by atoms with Crippen molar-refractivity contribution in [1.82, 2.24) is 10.2 Å². The van der Waals surface area contributed by atoms with E-state index >= 15 is 0 Å². The maximum atomic E-state index is 12.3. The zero-order valence-corrected chi connectivity index (χ0v) is 12.8. The number of carbonyl (C=O) groups is 1. The lowest BCUT2D eigenvalue weighted by atomic mass is 9.91. The van der Waals surface area contributed by atoms with Crippen LogP contribution in [0.2, 0.25) is 0 Å². The molecule has 0 aromatic heterocycles. The van der Waals surface area contributed by atoms with Gasteiger partial charge in [-0.05, 0) is 44.7 Å². The summed E-state index contributed by atoms with van der Waals surface area (Å²) in [4.78, 5) is 14.4. The Bertz CT molecular complexity index is 375. The summed E-state index contributed by atoms with van der Waals surface area (Å²) in [6, 6.07) is 2.36. The van der Waals surface area contributed by atoms with E-state index in [1.165, 1.54) is 0 Å². The van der Waals surface area contributed by atoms with Crippen molar-refractivity contribution in [1.29, 1.82) is 5.26 Å². The molecule has 0 radical (unpaired) electrons. The number of nitrogens with one attached hydrogen (secondary N) is 1. The second kappa shape index (κ2) is 7.77. The molecule has 21 heavy (non-hydrogen) atoms. The number of hydrogen-bond donors (Lipinski definition) is 2. The molecule has 118 valence electrons. The maximum Gasteiger partial charge on any atom is 0.235 e. The second-order valence-electron chi connectivity index (χ2n) is 6.56. The van der Waals surface area contributed by atoms with Gasteiger partial charge in [0.15, 0.2) is 0 Å². The van der Waals surface area contributed by atoms with Crippen LogP contribution in [0.5, 0.6) is 0 Å². The minimum absolute atomic E-state index is 0.0269. The number of hydrogen-bond acceptors (Lipinski definition) is 4. The first-order valence-corrected chi connectivity index (χ1v) is 8.23. The zero-order valence-electron chi connectivity index (χ0n) is 12.8. The summed E-state index contributed by atoms with van der Waals surface area (Å²) in [6.07, 6.45) is 7.83. The average Bonchev–Trinajstić information content (AvgIpc) is 2.74. The molecule has 0 bridgehead atoms. The van der Waals surface area contributed by atoms with Gasteiger partial charge in [-0.15, -0.1) is 0 Å². The molecule has 1 saturated heterocycles. The minimum Gasteiger partial charge on any atom is -0.396 e. The zero-order chi connectivity index (χ0) is 15.1. The van der Waals surface area contributed by atoms with E-state index in [1.807, 2.05) is 0 Å². The summed E-state index contributed by atoms with van der Waals surface area (Å²) in [5, 5.41) is 21.6. The van der Waals surface area contributed by atoms with E-state index in [0.29, 0.717) is 12.5 Å². The van der Waals surface area contributed by atoms with Gasteiger partial charge in [-0.25, -0.2) is 0 Å². The standard InChI is InChI=1S/C16H27N3O2/c17-13-16(7-3-1-2-4-8-16)18-15(21)11-19-9-5-14(12-20)6-10-19/h14,20H,1-12H2,(H,18,21).